The van der Waals surface area contributed by atoms with Crippen LogP contribution in [0.25, 0.3) is 10.9 Å². The largest absolute Gasteiger partial charge is 0.380 e. The Bertz CT molecular complexity index is 1240. The van der Waals surface area contributed by atoms with Gasteiger partial charge in [0.15, 0.2) is 5.78 Å². The number of nitrogens with zero attached hydrogens (tertiary/aromatic N) is 2. The van der Waals surface area contributed by atoms with E-state index in [-0.39, 0.29) is 30.0 Å². The lowest BCUT2D eigenvalue weighted by molar-refractivity contribution is -0.132. The van der Waals surface area contributed by atoms with E-state index < -0.39 is 6.04 Å². The van der Waals surface area contributed by atoms with Crippen molar-refractivity contribution in [3.8, 4) is 0 Å². The zero-order valence-electron chi connectivity index (χ0n) is 16.2. The Kier molecular flexibility index (Phi) is 5.62. The molecule has 8 heteroatoms. The van der Waals surface area contributed by atoms with Crippen LogP contribution in [0, 0.1) is 6.92 Å². The standard InChI is InChI=1S/C22H19Cl2N3O3/c1-12-26-18-4-2-3-17(25-11-13-9-14(23)5-7-16(13)24)21(18)22(30)27(12)19-8-6-15(28)10-20(19)29/h2-5,7,9,19,25H,6,8,10-11H2,1H3. The van der Waals surface area contributed by atoms with Gasteiger partial charge in [0.1, 0.15) is 11.6 Å². The molecule has 3 aromatic rings. The number of anilines is 1. The summed E-state index contributed by atoms with van der Waals surface area (Å²) in [6, 6.07) is 9.89. The second kappa shape index (κ2) is 8.20. The molecule has 1 N–H and O–H groups in total. The molecule has 1 aliphatic carbocycles. The summed E-state index contributed by atoms with van der Waals surface area (Å²) < 4.78 is 1.43. The number of hydrogen-bond donors (Lipinski definition) is 1. The summed E-state index contributed by atoms with van der Waals surface area (Å²) in [7, 11) is 0. The fourth-order valence-electron chi connectivity index (χ4n) is 3.87. The smallest absolute Gasteiger partial charge is 0.264 e. The molecule has 0 radical (unpaired) electrons. The van der Waals surface area contributed by atoms with Gasteiger partial charge in [-0.15, -0.1) is 0 Å². The van der Waals surface area contributed by atoms with Crippen molar-refractivity contribution in [1.82, 2.24) is 9.55 Å². The van der Waals surface area contributed by atoms with Gasteiger partial charge in [-0.05, 0) is 49.2 Å². The van der Waals surface area contributed by atoms with Gasteiger partial charge in [-0.1, -0.05) is 29.3 Å². The molecule has 1 fully saturated rings. The quantitative estimate of drug-likeness (QED) is 0.600. The van der Waals surface area contributed by atoms with Gasteiger partial charge in [-0.25, -0.2) is 4.98 Å². The molecule has 1 saturated carbocycles. The highest BCUT2D eigenvalue weighted by molar-refractivity contribution is 6.33. The molecule has 30 heavy (non-hydrogen) atoms. The molecule has 1 aromatic heterocycles. The van der Waals surface area contributed by atoms with Crippen LogP contribution in [0.2, 0.25) is 10.0 Å². The molecular weight excluding hydrogens is 425 g/mol. The average Bonchev–Trinajstić information content (AvgIpc) is 2.70. The molecule has 6 nitrogen and oxygen atoms in total. The number of aryl methyl sites for hydroxylation is 1. The van der Waals surface area contributed by atoms with Gasteiger partial charge >= 0.3 is 0 Å². The van der Waals surface area contributed by atoms with Gasteiger partial charge in [0.25, 0.3) is 5.56 Å². The summed E-state index contributed by atoms with van der Waals surface area (Å²) >= 11 is 12.3. The Balaban J connectivity index is 1.76. The van der Waals surface area contributed by atoms with Gasteiger partial charge in [-0.2, -0.15) is 0 Å². The van der Waals surface area contributed by atoms with Crippen molar-refractivity contribution in [3.05, 3.63) is 68.2 Å². The lowest BCUT2D eigenvalue weighted by Gasteiger charge is -2.24. The molecular formula is C22H19Cl2N3O3. The predicted octanol–water partition coefficient (Wildman–Crippen LogP) is 4.49. The van der Waals surface area contributed by atoms with E-state index in [1.54, 1.807) is 37.3 Å². The molecule has 1 heterocycles. The van der Waals surface area contributed by atoms with Crippen LogP contribution in [0.3, 0.4) is 0 Å². The van der Waals surface area contributed by atoms with E-state index >= 15 is 0 Å². The minimum absolute atomic E-state index is 0.0866. The van der Waals surface area contributed by atoms with E-state index in [0.717, 1.165) is 5.56 Å². The molecule has 0 bridgehead atoms. The average molecular weight is 444 g/mol. The zero-order chi connectivity index (χ0) is 21.4. The first-order valence-electron chi connectivity index (χ1n) is 9.59. The summed E-state index contributed by atoms with van der Waals surface area (Å²) in [4.78, 5) is 42.0. The maximum absolute atomic E-state index is 13.4. The predicted molar refractivity (Wildman–Crippen MR) is 117 cm³/mol. The third-order valence-electron chi connectivity index (χ3n) is 5.33. The van der Waals surface area contributed by atoms with Crippen molar-refractivity contribution < 1.29 is 9.59 Å². The first-order valence-corrected chi connectivity index (χ1v) is 10.3. The fourth-order valence-corrected chi connectivity index (χ4v) is 4.25. The van der Waals surface area contributed by atoms with Crippen LogP contribution in [-0.2, 0) is 16.1 Å². The molecule has 0 aliphatic heterocycles. The van der Waals surface area contributed by atoms with Crippen LogP contribution in [-0.4, -0.2) is 21.1 Å². The van der Waals surface area contributed by atoms with E-state index in [4.69, 9.17) is 23.2 Å². The number of benzene rings is 2. The zero-order valence-corrected chi connectivity index (χ0v) is 17.8. The Morgan fingerprint density at radius 3 is 2.73 bits per heavy atom. The molecule has 1 atom stereocenters. The van der Waals surface area contributed by atoms with Crippen LogP contribution < -0.4 is 10.9 Å². The third kappa shape index (κ3) is 3.85. The number of Topliss-reactive ketones (excluding diaryl/α,β-unsaturated/α-hetero) is 2. The lowest BCUT2D eigenvalue weighted by atomic mass is 9.92. The highest BCUT2D eigenvalue weighted by Crippen LogP contribution is 2.27. The lowest BCUT2D eigenvalue weighted by Crippen LogP contribution is -2.36. The van der Waals surface area contributed by atoms with Crippen molar-refractivity contribution in [2.75, 3.05) is 5.32 Å². The third-order valence-corrected chi connectivity index (χ3v) is 5.94. The minimum atomic E-state index is -0.664. The van der Waals surface area contributed by atoms with Crippen molar-refractivity contribution in [3.63, 3.8) is 0 Å². The van der Waals surface area contributed by atoms with Crippen LogP contribution in [0.4, 0.5) is 5.69 Å². The first-order chi connectivity index (χ1) is 14.3. The SMILES string of the molecule is Cc1nc2cccc(NCc3cc(Cl)ccc3Cl)c2c(=O)n1C1CCC(=O)CC1=O. The summed E-state index contributed by atoms with van der Waals surface area (Å²) in [6.45, 7) is 2.07. The highest BCUT2D eigenvalue weighted by atomic mass is 35.5. The van der Waals surface area contributed by atoms with Crippen LogP contribution in [0.5, 0.6) is 0 Å². The molecule has 0 spiro atoms. The Hall–Kier alpha value is -2.70. The second-order valence-corrected chi connectivity index (χ2v) is 8.20. The number of fused-ring (bicyclic) bond motifs is 1. The van der Waals surface area contributed by atoms with Gasteiger partial charge in [0, 0.05) is 28.7 Å². The number of aromatic nitrogens is 2. The van der Waals surface area contributed by atoms with Gasteiger partial charge in [0.2, 0.25) is 0 Å². The molecule has 0 saturated heterocycles. The number of ketones is 2. The van der Waals surface area contributed by atoms with E-state index in [1.807, 2.05) is 6.07 Å². The van der Waals surface area contributed by atoms with E-state index in [2.05, 4.69) is 10.3 Å². The number of rotatable bonds is 4. The van der Waals surface area contributed by atoms with Crippen molar-refractivity contribution >= 4 is 51.4 Å². The molecule has 4 rings (SSSR count). The Morgan fingerprint density at radius 2 is 1.97 bits per heavy atom. The maximum atomic E-state index is 13.4. The minimum Gasteiger partial charge on any atom is -0.380 e. The fraction of sp³-hybridized carbons (Fsp3) is 0.273. The van der Waals surface area contributed by atoms with Gasteiger partial charge in [0.05, 0.1) is 23.4 Å². The van der Waals surface area contributed by atoms with Gasteiger partial charge < -0.3 is 5.32 Å². The highest BCUT2D eigenvalue weighted by Gasteiger charge is 2.31. The van der Waals surface area contributed by atoms with Crippen molar-refractivity contribution in [1.29, 1.82) is 0 Å². The van der Waals surface area contributed by atoms with Crippen LogP contribution in [0.15, 0.2) is 41.2 Å². The molecule has 154 valence electrons. The number of halogens is 2. The Morgan fingerprint density at radius 1 is 1.17 bits per heavy atom. The van der Waals surface area contributed by atoms with Crippen molar-refractivity contribution in [2.24, 2.45) is 0 Å². The van der Waals surface area contributed by atoms with Crippen molar-refractivity contribution in [2.45, 2.75) is 38.8 Å². The van der Waals surface area contributed by atoms with E-state index in [1.165, 1.54) is 4.57 Å². The normalized spacial score (nSPS) is 16.8. The van der Waals surface area contributed by atoms with Gasteiger partial charge in [-0.3, -0.25) is 19.0 Å². The van der Waals surface area contributed by atoms with E-state index in [0.29, 0.717) is 45.4 Å². The number of hydrogen-bond acceptors (Lipinski definition) is 5. The van der Waals surface area contributed by atoms with Crippen LogP contribution in [0.1, 0.15) is 36.7 Å². The molecule has 2 aromatic carbocycles. The Labute approximate surface area is 182 Å². The first kappa shape index (κ1) is 20.6. The molecule has 1 aliphatic rings. The monoisotopic (exact) mass is 443 g/mol. The van der Waals surface area contributed by atoms with Crippen LogP contribution >= 0.6 is 23.2 Å². The summed E-state index contributed by atoms with van der Waals surface area (Å²) in [5, 5.41) is 4.77. The number of nitrogens with one attached hydrogen (secondary N) is 1. The molecule has 1 unspecified atom stereocenters. The summed E-state index contributed by atoms with van der Waals surface area (Å²) in [6.07, 6.45) is 0.467. The summed E-state index contributed by atoms with van der Waals surface area (Å²) in [5.74, 6) is 0.125. The van der Waals surface area contributed by atoms with E-state index in [9.17, 15) is 14.4 Å². The second-order valence-electron chi connectivity index (χ2n) is 7.36. The molecule has 0 amide bonds. The topological polar surface area (TPSA) is 81.1 Å². The number of carbonyl (C=O) groups excluding carboxylic acids is 2. The number of carbonyl (C=O) groups is 2. The maximum Gasteiger partial charge on any atom is 0.264 e. The summed E-state index contributed by atoms with van der Waals surface area (Å²) in [5.41, 5.74) is 1.62.